The van der Waals surface area contributed by atoms with E-state index in [4.69, 9.17) is 23.2 Å². The Morgan fingerprint density at radius 1 is 1.21 bits per heavy atom. The Labute approximate surface area is 122 Å². The lowest BCUT2D eigenvalue weighted by atomic mass is 9.86. The Kier molecular flexibility index (Phi) is 3.40. The number of alkyl halides is 2. The molecule has 1 amide bonds. The van der Waals surface area contributed by atoms with Crippen LogP contribution in [0.5, 0.6) is 0 Å². The Balaban J connectivity index is 2.55. The number of halogens is 2. The van der Waals surface area contributed by atoms with Crippen LogP contribution in [0.25, 0.3) is 0 Å². The molecule has 1 aromatic carbocycles. The van der Waals surface area contributed by atoms with Crippen molar-refractivity contribution in [3.8, 4) is 0 Å². The minimum absolute atomic E-state index is 0.164. The number of benzene rings is 1. The predicted octanol–water partition coefficient (Wildman–Crippen LogP) is 2.90. The van der Waals surface area contributed by atoms with Crippen LogP contribution in [-0.2, 0) is 13.9 Å². The van der Waals surface area contributed by atoms with E-state index in [1.54, 1.807) is 45.0 Å². The fourth-order valence-corrected chi connectivity index (χ4v) is 2.70. The first-order valence-corrected chi connectivity index (χ1v) is 6.74. The van der Waals surface area contributed by atoms with Crippen LogP contribution < -0.4 is 5.32 Å². The third-order valence-corrected chi connectivity index (χ3v) is 3.73. The zero-order valence-corrected chi connectivity index (χ0v) is 12.5. The van der Waals surface area contributed by atoms with Crippen LogP contribution in [0.15, 0.2) is 24.3 Å². The molecule has 0 radical (unpaired) electrons. The maximum absolute atomic E-state index is 12.3. The zero-order chi connectivity index (χ0) is 14.4. The van der Waals surface area contributed by atoms with E-state index in [1.165, 1.54) is 0 Å². The SMILES string of the molecule is CC1(C)NC(=O)C(c2ccccc2C(C)(Cl)Cl)C1=O. The lowest BCUT2D eigenvalue weighted by molar-refractivity contribution is -0.125. The molecule has 1 aromatic rings. The van der Waals surface area contributed by atoms with Crippen molar-refractivity contribution in [1.29, 1.82) is 0 Å². The third kappa shape index (κ3) is 2.49. The van der Waals surface area contributed by atoms with Crippen molar-refractivity contribution in [2.24, 2.45) is 0 Å². The summed E-state index contributed by atoms with van der Waals surface area (Å²) in [5.74, 6) is -1.31. The predicted molar refractivity (Wildman–Crippen MR) is 75.5 cm³/mol. The molecule has 0 bridgehead atoms. The van der Waals surface area contributed by atoms with E-state index in [-0.39, 0.29) is 11.7 Å². The Morgan fingerprint density at radius 3 is 2.26 bits per heavy atom. The van der Waals surface area contributed by atoms with Crippen molar-refractivity contribution in [2.45, 2.75) is 36.6 Å². The highest BCUT2D eigenvalue weighted by Crippen LogP contribution is 2.40. The summed E-state index contributed by atoms with van der Waals surface area (Å²) in [7, 11) is 0. The van der Waals surface area contributed by atoms with Crippen LogP contribution in [0, 0.1) is 0 Å². The first-order chi connectivity index (χ1) is 8.64. The van der Waals surface area contributed by atoms with Gasteiger partial charge in [-0.3, -0.25) is 9.59 Å². The number of amides is 1. The molecule has 19 heavy (non-hydrogen) atoms. The first kappa shape index (κ1) is 14.4. The number of rotatable bonds is 2. The molecule has 1 aliphatic rings. The second-order valence-corrected chi connectivity index (χ2v) is 7.09. The number of nitrogens with one attached hydrogen (secondary N) is 1. The van der Waals surface area contributed by atoms with E-state index in [1.807, 2.05) is 0 Å². The van der Waals surface area contributed by atoms with Gasteiger partial charge >= 0.3 is 0 Å². The highest BCUT2D eigenvalue weighted by molar-refractivity contribution is 6.47. The van der Waals surface area contributed by atoms with Gasteiger partial charge in [-0.25, -0.2) is 0 Å². The van der Waals surface area contributed by atoms with E-state index < -0.39 is 15.8 Å². The Hall–Kier alpha value is -1.06. The average Bonchev–Trinajstić information content (AvgIpc) is 2.47. The summed E-state index contributed by atoms with van der Waals surface area (Å²) in [4.78, 5) is 24.4. The molecule has 0 saturated carbocycles. The normalized spacial score (nSPS) is 22.5. The van der Waals surface area contributed by atoms with Crippen molar-refractivity contribution >= 4 is 34.9 Å². The van der Waals surface area contributed by atoms with Gasteiger partial charge in [0.1, 0.15) is 10.3 Å². The highest BCUT2D eigenvalue weighted by atomic mass is 35.5. The lowest BCUT2D eigenvalue weighted by Gasteiger charge is -2.21. The van der Waals surface area contributed by atoms with Gasteiger partial charge in [-0.2, -0.15) is 0 Å². The summed E-state index contributed by atoms with van der Waals surface area (Å²) in [5, 5.41) is 2.70. The van der Waals surface area contributed by atoms with Gasteiger partial charge in [0, 0.05) is 0 Å². The molecule has 1 saturated heterocycles. The van der Waals surface area contributed by atoms with Gasteiger partial charge in [0.2, 0.25) is 5.91 Å². The van der Waals surface area contributed by atoms with Crippen LogP contribution in [0.3, 0.4) is 0 Å². The van der Waals surface area contributed by atoms with E-state index in [0.29, 0.717) is 11.1 Å². The summed E-state index contributed by atoms with van der Waals surface area (Å²) in [6.07, 6.45) is 0. The fraction of sp³-hybridized carbons (Fsp3) is 0.429. The van der Waals surface area contributed by atoms with Crippen LogP contribution >= 0.6 is 23.2 Å². The molecular formula is C14H15Cl2NO2. The van der Waals surface area contributed by atoms with Gasteiger partial charge in [-0.05, 0) is 31.9 Å². The number of hydrogen-bond donors (Lipinski definition) is 1. The van der Waals surface area contributed by atoms with Crippen LogP contribution in [-0.4, -0.2) is 17.2 Å². The first-order valence-electron chi connectivity index (χ1n) is 5.98. The van der Waals surface area contributed by atoms with Gasteiger partial charge in [0.15, 0.2) is 5.78 Å². The number of carbonyl (C=O) groups excluding carboxylic acids is 2. The molecule has 1 heterocycles. The average molecular weight is 300 g/mol. The molecule has 5 heteroatoms. The largest absolute Gasteiger partial charge is 0.343 e. The molecule has 0 aromatic heterocycles. The molecule has 1 atom stereocenters. The van der Waals surface area contributed by atoms with Crippen LogP contribution in [0.2, 0.25) is 0 Å². The molecule has 0 spiro atoms. The second kappa shape index (κ2) is 4.50. The summed E-state index contributed by atoms with van der Waals surface area (Å²) in [6, 6.07) is 7.01. The number of carbonyl (C=O) groups is 2. The van der Waals surface area contributed by atoms with E-state index >= 15 is 0 Å². The van der Waals surface area contributed by atoms with Crippen LogP contribution in [0.4, 0.5) is 0 Å². The summed E-state index contributed by atoms with van der Waals surface area (Å²) >= 11 is 12.3. The molecule has 1 fully saturated rings. The lowest BCUT2D eigenvalue weighted by Crippen LogP contribution is -2.39. The minimum atomic E-state index is -1.15. The molecule has 1 unspecified atom stereocenters. The number of ketones is 1. The molecule has 102 valence electrons. The van der Waals surface area contributed by atoms with Crippen molar-refractivity contribution in [3.05, 3.63) is 35.4 Å². The fourth-order valence-electron chi connectivity index (χ4n) is 2.35. The maximum atomic E-state index is 12.3. The molecule has 3 nitrogen and oxygen atoms in total. The molecule has 0 aliphatic carbocycles. The third-order valence-electron chi connectivity index (χ3n) is 3.32. The van der Waals surface area contributed by atoms with Crippen molar-refractivity contribution in [1.82, 2.24) is 5.32 Å². The van der Waals surface area contributed by atoms with Crippen molar-refractivity contribution in [2.75, 3.05) is 0 Å². The molecule has 2 rings (SSSR count). The zero-order valence-electron chi connectivity index (χ0n) is 11.0. The van der Waals surface area contributed by atoms with E-state index in [2.05, 4.69) is 5.32 Å². The molecule has 1 aliphatic heterocycles. The standard InChI is InChI=1S/C14H15Cl2NO2/c1-13(2)11(18)10(12(19)17-13)8-6-4-5-7-9(8)14(3,15)16/h4-7,10H,1-3H3,(H,17,19). The summed E-state index contributed by atoms with van der Waals surface area (Å²) in [5.41, 5.74) is 0.303. The number of hydrogen-bond acceptors (Lipinski definition) is 2. The molecular weight excluding hydrogens is 285 g/mol. The maximum Gasteiger partial charge on any atom is 0.235 e. The van der Waals surface area contributed by atoms with Gasteiger partial charge in [0.25, 0.3) is 0 Å². The topological polar surface area (TPSA) is 46.2 Å². The van der Waals surface area contributed by atoms with Gasteiger partial charge in [-0.1, -0.05) is 47.5 Å². The minimum Gasteiger partial charge on any atom is -0.343 e. The van der Waals surface area contributed by atoms with Gasteiger partial charge < -0.3 is 5.32 Å². The van der Waals surface area contributed by atoms with Crippen molar-refractivity contribution < 1.29 is 9.59 Å². The van der Waals surface area contributed by atoms with Gasteiger partial charge in [0.05, 0.1) is 5.54 Å². The summed E-state index contributed by atoms with van der Waals surface area (Å²) < 4.78 is -1.15. The van der Waals surface area contributed by atoms with E-state index in [0.717, 1.165) is 0 Å². The number of Topliss-reactive ketones (excluding diaryl/α,β-unsaturated/α-hetero) is 1. The van der Waals surface area contributed by atoms with Crippen LogP contribution in [0.1, 0.15) is 37.8 Å². The Morgan fingerprint density at radius 2 is 1.79 bits per heavy atom. The smallest absolute Gasteiger partial charge is 0.235 e. The highest BCUT2D eigenvalue weighted by Gasteiger charge is 2.48. The second-order valence-electron chi connectivity index (χ2n) is 5.39. The summed E-state index contributed by atoms with van der Waals surface area (Å²) in [6.45, 7) is 5.00. The van der Waals surface area contributed by atoms with Crippen molar-refractivity contribution in [3.63, 3.8) is 0 Å². The Bertz CT molecular complexity index is 547. The molecule has 1 N–H and O–H groups in total. The quantitative estimate of drug-likeness (QED) is 0.674. The van der Waals surface area contributed by atoms with Gasteiger partial charge in [-0.15, -0.1) is 0 Å². The monoisotopic (exact) mass is 299 g/mol. The van der Waals surface area contributed by atoms with E-state index in [9.17, 15) is 9.59 Å².